The molecular formula is C50H94N16O13. The third-order valence-electron chi connectivity index (χ3n) is 12.8. The Morgan fingerprint density at radius 2 is 0.975 bits per heavy atom. The fraction of sp³-hybridized carbons (Fsp3) is 0.780. The van der Waals surface area contributed by atoms with E-state index in [0.29, 0.717) is 12.8 Å². The number of carbonyl (C=O) groups excluding carboxylic acids is 11. The highest BCUT2D eigenvalue weighted by Crippen LogP contribution is 2.11. The monoisotopic (exact) mass is 1130 g/mol. The van der Waals surface area contributed by atoms with E-state index in [9.17, 15) is 63.0 Å². The summed E-state index contributed by atoms with van der Waals surface area (Å²) in [5, 5.41) is 48.7. The van der Waals surface area contributed by atoms with Crippen molar-refractivity contribution in [3.05, 3.63) is 0 Å². The summed E-state index contributed by atoms with van der Waals surface area (Å²) in [4.78, 5) is 151. The van der Waals surface area contributed by atoms with Crippen LogP contribution in [0.2, 0.25) is 0 Å². The molecule has 23 N–H and O–H groups in total. The summed E-state index contributed by atoms with van der Waals surface area (Å²) >= 11 is 0. The Hall–Kier alpha value is -6.11. The zero-order valence-electron chi connectivity index (χ0n) is 46.8. The molecule has 0 aromatic heterocycles. The number of rotatable bonds is 29. The number of amides is 11. The standard InChI is InChI=1S/C50H94N16O13/c1-6-8-9-10-11-13-39(69)57-31(14-20-51)42(71)65-38(27-67)49(78)62-33(16-22-53)44(73)63-36-19-25-56-50(79)40(29(5)68)66-47(76)35(18-24-55)61-43(72)32(15-21-52)59-41(70)30(12-7-2)58-48(77)37(26-28(3)4)64-45(74)34(17-23-54)60-46(36)75/h28-38,40,67-68H,6-27,51-55H2,1-5H3,(H,56,79)(H,57,69)(H,58,77)(H,59,70)(H,60,75)(H,61,72)(H,62,78)(H,63,73)(H,64,74)(H,65,71)(H,66,76)/t29-,30+,31+,32+,33+,34+,35+,36+,37-,38+,40+/m1/s1. The number of aliphatic hydroxyl groups excluding tert-OH is 2. The number of nitrogens with two attached hydrogens (primary N) is 5. The van der Waals surface area contributed by atoms with E-state index >= 15 is 0 Å². The summed E-state index contributed by atoms with van der Waals surface area (Å²) in [5.74, 6) is -9.75. The Balaban J connectivity index is 3.76. The van der Waals surface area contributed by atoms with Crippen molar-refractivity contribution in [1.82, 2.24) is 58.5 Å². The second kappa shape index (κ2) is 39.3. The van der Waals surface area contributed by atoms with E-state index in [1.54, 1.807) is 20.8 Å². The Morgan fingerprint density at radius 1 is 0.532 bits per heavy atom. The predicted octanol–water partition coefficient (Wildman–Crippen LogP) is -6.32. The zero-order chi connectivity index (χ0) is 59.6. The van der Waals surface area contributed by atoms with Gasteiger partial charge >= 0.3 is 0 Å². The third-order valence-corrected chi connectivity index (χ3v) is 12.8. The summed E-state index contributed by atoms with van der Waals surface area (Å²) in [6.45, 7) is 6.53. The number of carbonyl (C=O) groups is 11. The van der Waals surface area contributed by atoms with Gasteiger partial charge in [-0.2, -0.15) is 0 Å². The van der Waals surface area contributed by atoms with E-state index in [4.69, 9.17) is 28.7 Å². The molecule has 0 unspecified atom stereocenters. The zero-order valence-corrected chi connectivity index (χ0v) is 46.8. The van der Waals surface area contributed by atoms with Crippen molar-refractivity contribution < 1.29 is 63.0 Å². The molecule has 0 aromatic carbocycles. The van der Waals surface area contributed by atoms with Gasteiger partial charge in [-0.15, -0.1) is 0 Å². The first kappa shape index (κ1) is 70.9. The van der Waals surface area contributed by atoms with Crippen LogP contribution in [0.4, 0.5) is 0 Å². The van der Waals surface area contributed by atoms with Crippen LogP contribution < -0.4 is 87.2 Å². The van der Waals surface area contributed by atoms with Crippen LogP contribution in [-0.4, -0.2) is 188 Å². The van der Waals surface area contributed by atoms with Crippen LogP contribution in [0.3, 0.4) is 0 Å². The number of hydrogen-bond acceptors (Lipinski definition) is 18. The molecule has 1 aliphatic rings. The third kappa shape index (κ3) is 26.6. The van der Waals surface area contributed by atoms with Crippen molar-refractivity contribution in [2.75, 3.05) is 45.9 Å². The van der Waals surface area contributed by atoms with Crippen molar-refractivity contribution >= 4 is 65.0 Å². The highest BCUT2D eigenvalue weighted by atomic mass is 16.3. The maximum Gasteiger partial charge on any atom is 0.245 e. The van der Waals surface area contributed by atoms with Crippen molar-refractivity contribution in [2.45, 2.75) is 197 Å². The Kier molecular flexibility index (Phi) is 35.3. The molecule has 0 bridgehead atoms. The minimum atomic E-state index is -1.67. The molecule has 1 saturated heterocycles. The lowest BCUT2D eigenvalue weighted by Crippen LogP contribution is -2.61. The predicted molar refractivity (Wildman–Crippen MR) is 292 cm³/mol. The summed E-state index contributed by atoms with van der Waals surface area (Å²) < 4.78 is 0. The van der Waals surface area contributed by atoms with Crippen LogP contribution in [0, 0.1) is 5.92 Å². The summed E-state index contributed by atoms with van der Waals surface area (Å²) in [5.41, 5.74) is 29.1. The van der Waals surface area contributed by atoms with Gasteiger partial charge in [-0.25, -0.2) is 0 Å². The first-order chi connectivity index (χ1) is 37.5. The van der Waals surface area contributed by atoms with Crippen LogP contribution in [0.5, 0.6) is 0 Å². The highest BCUT2D eigenvalue weighted by molar-refractivity contribution is 5.99. The minimum absolute atomic E-state index is 0.00394. The molecule has 29 nitrogen and oxygen atoms in total. The smallest absolute Gasteiger partial charge is 0.245 e. The molecular weight excluding hydrogens is 1030 g/mol. The molecule has 0 saturated carbocycles. The lowest BCUT2D eigenvalue weighted by molar-refractivity contribution is -0.136. The van der Waals surface area contributed by atoms with Crippen molar-refractivity contribution in [2.24, 2.45) is 34.6 Å². The van der Waals surface area contributed by atoms with E-state index in [2.05, 4.69) is 65.4 Å². The van der Waals surface area contributed by atoms with Gasteiger partial charge in [-0.05, 0) is 103 Å². The molecule has 0 aromatic rings. The normalized spacial score (nSPS) is 22.9. The average Bonchev–Trinajstić information content (AvgIpc) is 3.39. The summed E-state index contributed by atoms with van der Waals surface area (Å²) in [7, 11) is 0. The number of unbranched alkanes of at least 4 members (excludes halogenated alkanes) is 4. The van der Waals surface area contributed by atoms with Crippen LogP contribution in [0.1, 0.15) is 131 Å². The molecule has 0 radical (unpaired) electrons. The van der Waals surface area contributed by atoms with Gasteiger partial charge in [0.1, 0.15) is 60.4 Å². The minimum Gasteiger partial charge on any atom is -0.394 e. The first-order valence-corrected chi connectivity index (χ1v) is 27.7. The Morgan fingerprint density at radius 3 is 1.44 bits per heavy atom. The van der Waals surface area contributed by atoms with E-state index in [-0.39, 0.29) is 90.0 Å². The van der Waals surface area contributed by atoms with Gasteiger partial charge < -0.3 is 97.4 Å². The molecule has 452 valence electrons. The van der Waals surface area contributed by atoms with Gasteiger partial charge in [-0.1, -0.05) is 59.8 Å². The molecule has 0 spiro atoms. The van der Waals surface area contributed by atoms with E-state index in [0.717, 1.165) is 25.7 Å². The molecule has 1 heterocycles. The molecule has 1 fully saturated rings. The Bertz CT molecular complexity index is 1970. The van der Waals surface area contributed by atoms with Crippen LogP contribution in [-0.2, 0) is 52.7 Å². The Labute approximate surface area is 463 Å². The molecule has 11 amide bonds. The van der Waals surface area contributed by atoms with Gasteiger partial charge in [0, 0.05) is 13.0 Å². The van der Waals surface area contributed by atoms with E-state index in [1.165, 1.54) is 6.92 Å². The second-order valence-electron chi connectivity index (χ2n) is 20.1. The maximum absolute atomic E-state index is 14.3. The number of hydrogen-bond donors (Lipinski definition) is 18. The van der Waals surface area contributed by atoms with E-state index < -0.39 is 151 Å². The van der Waals surface area contributed by atoms with Gasteiger partial charge in [0.25, 0.3) is 0 Å². The van der Waals surface area contributed by atoms with Gasteiger partial charge in [0.05, 0.1) is 12.7 Å². The quantitative estimate of drug-likeness (QED) is 0.0310. The first-order valence-electron chi connectivity index (χ1n) is 27.7. The molecule has 0 aliphatic carbocycles. The molecule has 1 rings (SSSR count). The van der Waals surface area contributed by atoms with Crippen LogP contribution in [0.15, 0.2) is 0 Å². The van der Waals surface area contributed by atoms with Gasteiger partial charge in [0.2, 0.25) is 65.0 Å². The number of nitrogens with one attached hydrogen (secondary N) is 11. The van der Waals surface area contributed by atoms with Gasteiger partial charge in [0.15, 0.2) is 0 Å². The lowest BCUT2D eigenvalue weighted by atomic mass is 10.0. The largest absolute Gasteiger partial charge is 0.394 e. The average molecular weight is 1130 g/mol. The van der Waals surface area contributed by atoms with Crippen molar-refractivity contribution in [3.8, 4) is 0 Å². The van der Waals surface area contributed by atoms with Crippen LogP contribution >= 0.6 is 0 Å². The topological polar surface area (TPSA) is 491 Å². The SMILES string of the molecule is CCCCCCCC(=O)N[C@@H](CCN)C(=O)N[C@@H](CO)C(=O)N[C@@H](CCN)C(=O)N[C@H]1CCNC(=O)[C@H]([C@@H](C)O)NC(=O)[C@H](CCN)NC(=O)[C@H](CCN)NC(=O)[C@H](CCC)NC(=O)[C@@H](CC(C)C)NC(=O)[C@H](CCN)NC1=O. The summed E-state index contributed by atoms with van der Waals surface area (Å²) in [6, 6.07) is -14.4. The molecule has 29 heteroatoms. The maximum atomic E-state index is 14.3. The molecule has 79 heavy (non-hydrogen) atoms. The highest BCUT2D eigenvalue weighted by Gasteiger charge is 2.37. The van der Waals surface area contributed by atoms with Crippen molar-refractivity contribution in [1.29, 1.82) is 0 Å². The fourth-order valence-corrected chi connectivity index (χ4v) is 8.34. The van der Waals surface area contributed by atoms with Crippen LogP contribution in [0.25, 0.3) is 0 Å². The number of aliphatic hydroxyl groups is 2. The van der Waals surface area contributed by atoms with Gasteiger partial charge in [-0.3, -0.25) is 52.7 Å². The molecule has 11 atom stereocenters. The van der Waals surface area contributed by atoms with Crippen molar-refractivity contribution in [3.63, 3.8) is 0 Å². The summed E-state index contributed by atoms with van der Waals surface area (Å²) in [6.07, 6.45) is 2.33. The molecule has 1 aliphatic heterocycles. The second-order valence-corrected chi connectivity index (χ2v) is 20.1. The fourth-order valence-electron chi connectivity index (χ4n) is 8.34. The van der Waals surface area contributed by atoms with E-state index in [1.807, 2.05) is 0 Å². The lowest BCUT2D eigenvalue weighted by Gasteiger charge is -2.28.